The van der Waals surface area contributed by atoms with Crippen LogP contribution >= 0.6 is 11.8 Å². The Morgan fingerprint density at radius 3 is 2.36 bits per heavy atom. The van der Waals surface area contributed by atoms with Crippen molar-refractivity contribution in [3.8, 4) is 11.3 Å². The van der Waals surface area contributed by atoms with Crippen molar-refractivity contribution < 1.29 is 8.98 Å². The summed E-state index contributed by atoms with van der Waals surface area (Å²) in [6, 6.07) is 13.8. The van der Waals surface area contributed by atoms with E-state index < -0.39 is 0 Å². The molecule has 3 heterocycles. The number of rotatable bonds is 2. The molecule has 0 atom stereocenters. The standard InChI is InChI=1S/C33H36NOS/c1-19-26-29-28-23(12-14-34(29)8)27-20(10-9-11-21(27)17-32(2,3)4)16-25(28)36-31(26)24(18-33(5,6)7)22-13-15-35-30(19)22/h9-16H,17-18H2,1-8H3/q+1. The number of hydrogen-bond acceptors (Lipinski definition) is 2. The van der Waals surface area contributed by atoms with Gasteiger partial charge in [0, 0.05) is 32.2 Å². The number of pyridine rings is 1. The first-order valence-electron chi connectivity index (χ1n) is 13.0. The van der Waals surface area contributed by atoms with Crippen molar-refractivity contribution in [2.75, 3.05) is 0 Å². The largest absolute Gasteiger partial charge is 0.464 e. The van der Waals surface area contributed by atoms with Gasteiger partial charge in [0.15, 0.2) is 6.20 Å². The Hall–Kier alpha value is -2.78. The predicted molar refractivity (Wildman–Crippen MR) is 153 cm³/mol. The van der Waals surface area contributed by atoms with E-state index in [1.807, 2.05) is 18.0 Å². The Morgan fingerprint density at radius 1 is 0.889 bits per heavy atom. The van der Waals surface area contributed by atoms with Gasteiger partial charge in [-0.05, 0) is 64.6 Å². The van der Waals surface area contributed by atoms with Gasteiger partial charge in [0.1, 0.15) is 12.6 Å². The number of aromatic nitrogens is 1. The predicted octanol–water partition coefficient (Wildman–Crippen LogP) is 9.18. The van der Waals surface area contributed by atoms with Crippen molar-refractivity contribution in [3.63, 3.8) is 0 Å². The Balaban J connectivity index is 1.76. The maximum atomic E-state index is 6.12. The maximum Gasteiger partial charge on any atom is 0.222 e. The molecule has 0 N–H and O–H groups in total. The molecule has 0 spiro atoms. The lowest BCUT2D eigenvalue weighted by molar-refractivity contribution is -0.659. The minimum atomic E-state index is 0.174. The minimum Gasteiger partial charge on any atom is -0.464 e. The molecular formula is C33H36NOS+. The average Bonchev–Trinajstić information content (AvgIpc) is 3.26. The van der Waals surface area contributed by atoms with Crippen LogP contribution in [0, 0.1) is 17.8 Å². The molecule has 0 unspecified atom stereocenters. The van der Waals surface area contributed by atoms with Crippen LogP contribution in [-0.4, -0.2) is 0 Å². The van der Waals surface area contributed by atoms with Gasteiger partial charge < -0.3 is 4.42 Å². The van der Waals surface area contributed by atoms with Gasteiger partial charge in [-0.3, -0.25) is 0 Å². The molecule has 2 nitrogen and oxygen atoms in total. The Morgan fingerprint density at radius 2 is 1.64 bits per heavy atom. The highest BCUT2D eigenvalue weighted by Crippen LogP contribution is 2.53. The molecule has 184 valence electrons. The van der Waals surface area contributed by atoms with Crippen LogP contribution in [0.5, 0.6) is 0 Å². The molecule has 3 heteroatoms. The molecule has 0 radical (unpaired) electrons. The van der Waals surface area contributed by atoms with Crippen LogP contribution in [0.2, 0.25) is 0 Å². The fourth-order valence-corrected chi connectivity index (χ4v) is 7.47. The highest BCUT2D eigenvalue weighted by molar-refractivity contribution is 8.00. The third-order valence-corrected chi connectivity index (χ3v) is 8.59. The van der Waals surface area contributed by atoms with E-state index in [1.54, 1.807) is 0 Å². The van der Waals surface area contributed by atoms with Crippen molar-refractivity contribution >= 4 is 44.3 Å². The van der Waals surface area contributed by atoms with Gasteiger partial charge >= 0.3 is 0 Å². The molecule has 0 saturated heterocycles. The second kappa shape index (κ2) is 7.86. The molecule has 1 aliphatic heterocycles. The number of aryl methyl sites for hydroxylation is 2. The van der Waals surface area contributed by atoms with Gasteiger partial charge in [-0.15, -0.1) is 0 Å². The Kier molecular flexibility index (Phi) is 5.15. The van der Waals surface area contributed by atoms with Crippen LogP contribution in [0.3, 0.4) is 0 Å². The second-order valence-electron chi connectivity index (χ2n) is 13.0. The summed E-state index contributed by atoms with van der Waals surface area (Å²) in [5.74, 6) is 0. The van der Waals surface area contributed by atoms with Gasteiger partial charge in [-0.2, -0.15) is 0 Å². The SMILES string of the molecule is Cc1c2c(c(CC(C)(C)C)c3ccoc13)Sc1cc3cccc(CC(C)(C)C)c3c3cc[n+](C)c-2c13. The van der Waals surface area contributed by atoms with Crippen molar-refractivity contribution in [1.29, 1.82) is 0 Å². The number of hydrogen-bond donors (Lipinski definition) is 0. The first-order valence-corrected chi connectivity index (χ1v) is 13.8. The van der Waals surface area contributed by atoms with Crippen molar-refractivity contribution in [2.45, 2.75) is 71.1 Å². The van der Waals surface area contributed by atoms with Crippen LogP contribution < -0.4 is 4.57 Å². The van der Waals surface area contributed by atoms with E-state index >= 15 is 0 Å². The molecule has 0 fully saturated rings. The molecular weight excluding hydrogens is 458 g/mol. The molecule has 0 saturated carbocycles. The summed E-state index contributed by atoms with van der Waals surface area (Å²) in [6.45, 7) is 16.2. The molecule has 0 aliphatic carbocycles. The molecule has 1 aliphatic rings. The maximum absolute atomic E-state index is 6.12. The molecule has 5 aromatic rings. The van der Waals surface area contributed by atoms with Gasteiger partial charge in [-0.25, -0.2) is 4.57 Å². The number of nitrogens with zero attached hydrogens (tertiary/aromatic N) is 1. The first kappa shape index (κ1) is 23.6. The summed E-state index contributed by atoms with van der Waals surface area (Å²) >= 11 is 1.96. The van der Waals surface area contributed by atoms with E-state index in [9.17, 15) is 0 Å². The fraction of sp³-hybridized carbons (Fsp3) is 0.364. The average molecular weight is 495 g/mol. The third kappa shape index (κ3) is 3.66. The zero-order valence-electron chi connectivity index (χ0n) is 22.8. The second-order valence-corrected chi connectivity index (χ2v) is 14.1. The van der Waals surface area contributed by atoms with E-state index in [1.165, 1.54) is 64.7 Å². The van der Waals surface area contributed by atoms with E-state index in [0.29, 0.717) is 0 Å². The highest BCUT2D eigenvalue weighted by atomic mass is 32.2. The lowest BCUT2D eigenvalue weighted by Crippen LogP contribution is -2.32. The summed E-state index contributed by atoms with van der Waals surface area (Å²) in [5.41, 5.74) is 8.19. The Labute approximate surface area is 218 Å². The van der Waals surface area contributed by atoms with Crippen LogP contribution in [0.15, 0.2) is 63.1 Å². The van der Waals surface area contributed by atoms with E-state index in [2.05, 4.69) is 103 Å². The van der Waals surface area contributed by atoms with E-state index in [0.717, 1.165) is 18.4 Å². The topological polar surface area (TPSA) is 17.0 Å². The van der Waals surface area contributed by atoms with Crippen molar-refractivity contribution in [3.05, 3.63) is 65.5 Å². The minimum absolute atomic E-state index is 0.174. The lowest BCUT2D eigenvalue weighted by Gasteiger charge is -2.27. The number of benzene rings is 3. The van der Waals surface area contributed by atoms with Crippen molar-refractivity contribution in [2.24, 2.45) is 17.9 Å². The summed E-state index contributed by atoms with van der Waals surface area (Å²) in [7, 11) is 2.19. The number of fused-ring (bicyclic) bond motifs is 5. The van der Waals surface area contributed by atoms with Crippen molar-refractivity contribution in [1.82, 2.24) is 0 Å². The molecule has 3 aromatic carbocycles. The monoisotopic (exact) mass is 494 g/mol. The normalized spacial score (nSPS) is 13.7. The molecule has 36 heavy (non-hydrogen) atoms. The summed E-state index contributed by atoms with van der Waals surface area (Å²) in [5, 5.41) is 6.75. The lowest BCUT2D eigenvalue weighted by atomic mass is 9.83. The number of furan rings is 1. The van der Waals surface area contributed by atoms with E-state index in [-0.39, 0.29) is 10.8 Å². The van der Waals surface area contributed by atoms with E-state index in [4.69, 9.17) is 4.42 Å². The first-order chi connectivity index (χ1) is 16.9. The van der Waals surface area contributed by atoms with Gasteiger partial charge in [0.05, 0.1) is 17.2 Å². The highest BCUT2D eigenvalue weighted by Gasteiger charge is 2.34. The molecule has 6 rings (SSSR count). The van der Waals surface area contributed by atoms with Crippen LogP contribution in [0.4, 0.5) is 0 Å². The summed E-state index contributed by atoms with van der Waals surface area (Å²) in [6.07, 6.45) is 6.18. The summed E-state index contributed by atoms with van der Waals surface area (Å²) < 4.78 is 8.44. The quantitative estimate of drug-likeness (QED) is 0.176. The zero-order chi connectivity index (χ0) is 25.6. The fourth-order valence-electron chi connectivity index (χ4n) is 6.10. The molecule has 0 amide bonds. The van der Waals surface area contributed by atoms with Gasteiger partial charge in [-0.1, -0.05) is 71.5 Å². The third-order valence-electron chi connectivity index (χ3n) is 7.39. The van der Waals surface area contributed by atoms with Crippen LogP contribution in [-0.2, 0) is 19.9 Å². The van der Waals surface area contributed by atoms with Gasteiger partial charge in [0.2, 0.25) is 5.69 Å². The summed E-state index contributed by atoms with van der Waals surface area (Å²) in [4.78, 5) is 2.76. The van der Waals surface area contributed by atoms with Crippen LogP contribution in [0.1, 0.15) is 58.2 Å². The van der Waals surface area contributed by atoms with Gasteiger partial charge in [0.25, 0.3) is 0 Å². The zero-order valence-corrected chi connectivity index (χ0v) is 23.6. The molecule has 0 bridgehead atoms. The van der Waals surface area contributed by atoms with Crippen LogP contribution in [0.25, 0.3) is 43.8 Å². The Bertz CT molecular complexity index is 1690. The smallest absolute Gasteiger partial charge is 0.222 e. The molecule has 2 aromatic heterocycles.